The molecule has 0 fully saturated rings. The topological polar surface area (TPSA) is 12.5 Å². The third-order valence-corrected chi connectivity index (χ3v) is 5.00. The van der Waals surface area contributed by atoms with Crippen LogP contribution >= 0.6 is 11.9 Å². The number of likely N-dealkylation sites (N-methyl/N-ethyl adjacent to an activating group) is 1. The quantitative estimate of drug-likeness (QED) is 0.713. The van der Waals surface area contributed by atoms with Gasteiger partial charge in [-0.15, -0.1) is 0 Å². The molecule has 0 saturated heterocycles. The molecular weight excluding hydrogens is 302 g/mol. The van der Waals surface area contributed by atoms with Crippen LogP contribution in [-0.4, -0.2) is 23.5 Å². The largest absolute Gasteiger partial charge is 0.491 e. The van der Waals surface area contributed by atoms with Gasteiger partial charge in [0.2, 0.25) is 0 Å². The molecule has 0 bridgehead atoms. The van der Waals surface area contributed by atoms with E-state index in [1.54, 1.807) is 0 Å². The van der Waals surface area contributed by atoms with Crippen LogP contribution in [0.15, 0.2) is 59.5 Å². The average Bonchev–Trinajstić information content (AvgIpc) is 2.74. The Bertz CT molecular complexity index is 694. The van der Waals surface area contributed by atoms with Crippen molar-refractivity contribution < 1.29 is 4.74 Å². The Hall–Kier alpha value is -1.71. The second-order valence-corrected chi connectivity index (χ2v) is 7.02. The fourth-order valence-corrected chi connectivity index (χ4v) is 3.66. The normalized spacial score (nSPS) is 15.0. The molecule has 1 aliphatic rings. The van der Waals surface area contributed by atoms with Crippen molar-refractivity contribution in [2.24, 2.45) is 0 Å². The fraction of sp³-hybridized carbons (Fsp3) is 0.300. The molecule has 3 rings (SSSR count). The van der Waals surface area contributed by atoms with E-state index < -0.39 is 0 Å². The van der Waals surface area contributed by atoms with E-state index in [0.29, 0.717) is 0 Å². The van der Waals surface area contributed by atoms with Crippen LogP contribution in [0.3, 0.4) is 0 Å². The first kappa shape index (κ1) is 16.2. The highest BCUT2D eigenvalue weighted by Gasteiger charge is 2.18. The van der Waals surface area contributed by atoms with E-state index in [1.807, 2.05) is 11.9 Å². The van der Waals surface area contributed by atoms with Gasteiger partial charge in [-0.05, 0) is 55.1 Å². The van der Waals surface area contributed by atoms with E-state index in [0.717, 1.165) is 18.8 Å². The summed E-state index contributed by atoms with van der Waals surface area (Å²) < 4.78 is 8.28. The minimum absolute atomic E-state index is 0.183. The van der Waals surface area contributed by atoms with E-state index in [2.05, 4.69) is 79.7 Å². The summed E-state index contributed by atoms with van der Waals surface area (Å²) in [6.07, 6.45) is 2.51. The van der Waals surface area contributed by atoms with Crippen LogP contribution in [0.5, 0.6) is 5.75 Å². The lowest BCUT2D eigenvalue weighted by atomic mass is 9.97. The second-order valence-electron chi connectivity index (χ2n) is 5.88. The molecule has 1 heterocycles. The van der Waals surface area contributed by atoms with Crippen LogP contribution in [0.25, 0.3) is 5.57 Å². The first-order chi connectivity index (χ1) is 11.2. The van der Waals surface area contributed by atoms with Crippen molar-refractivity contribution in [2.45, 2.75) is 31.8 Å². The van der Waals surface area contributed by atoms with Crippen molar-refractivity contribution in [3.05, 3.63) is 65.7 Å². The van der Waals surface area contributed by atoms with Crippen molar-refractivity contribution in [1.29, 1.82) is 0 Å². The smallest absolute Gasteiger partial charge is 0.120 e. The third kappa shape index (κ3) is 3.80. The lowest BCUT2D eigenvalue weighted by Crippen LogP contribution is -2.13. The van der Waals surface area contributed by atoms with Gasteiger partial charge < -0.3 is 4.74 Å². The van der Waals surface area contributed by atoms with E-state index in [-0.39, 0.29) is 6.10 Å². The summed E-state index contributed by atoms with van der Waals surface area (Å²) in [5, 5.41) is 0. The first-order valence-electron chi connectivity index (χ1n) is 8.17. The van der Waals surface area contributed by atoms with Crippen LogP contribution in [0, 0.1) is 0 Å². The van der Waals surface area contributed by atoms with Gasteiger partial charge in [0.15, 0.2) is 0 Å². The minimum Gasteiger partial charge on any atom is -0.491 e. The molecule has 0 radical (unpaired) electrons. The number of benzene rings is 2. The summed E-state index contributed by atoms with van der Waals surface area (Å²) >= 11 is 1.83. The molecule has 2 nitrogen and oxygen atoms in total. The molecule has 0 N–H and O–H groups in total. The lowest BCUT2D eigenvalue weighted by Gasteiger charge is -2.17. The summed E-state index contributed by atoms with van der Waals surface area (Å²) in [4.78, 5) is 1.29. The molecular formula is C20H23NOS. The Morgan fingerprint density at radius 2 is 1.91 bits per heavy atom. The van der Waals surface area contributed by atoms with Crippen molar-refractivity contribution in [2.75, 3.05) is 13.1 Å². The highest BCUT2D eigenvalue weighted by Crippen LogP contribution is 2.38. The van der Waals surface area contributed by atoms with Crippen LogP contribution in [0.1, 0.15) is 31.9 Å². The van der Waals surface area contributed by atoms with Crippen LogP contribution < -0.4 is 4.74 Å². The summed E-state index contributed by atoms with van der Waals surface area (Å²) in [6, 6.07) is 17.1. The Morgan fingerprint density at radius 3 is 2.61 bits per heavy atom. The molecule has 2 aromatic carbocycles. The summed E-state index contributed by atoms with van der Waals surface area (Å²) in [5.41, 5.74) is 3.81. The molecule has 0 saturated carbocycles. The average molecular weight is 325 g/mol. The van der Waals surface area contributed by atoms with E-state index in [1.165, 1.54) is 21.6 Å². The fourth-order valence-electron chi connectivity index (χ4n) is 2.71. The summed E-state index contributed by atoms with van der Waals surface area (Å²) in [7, 11) is 0. The molecule has 120 valence electrons. The molecule has 23 heavy (non-hydrogen) atoms. The highest BCUT2D eigenvalue weighted by atomic mass is 32.2. The standard InChI is InChI=1S/C20H23NOS/c1-4-21-13-12-18(16-8-6-5-7-9-16)19-14-17(22-15(2)3)10-11-20(19)23-21/h5-12,14-15H,4,13H2,1-3H3. The summed E-state index contributed by atoms with van der Waals surface area (Å²) in [5.74, 6) is 0.936. The number of hydrogen-bond acceptors (Lipinski definition) is 3. The summed E-state index contributed by atoms with van der Waals surface area (Å²) in [6.45, 7) is 8.29. The zero-order chi connectivity index (χ0) is 16.2. The number of fused-ring (bicyclic) bond motifs is 1. The second kappa shape index (κ2) is 7.24. The van der Waals surface area contributed by atoms with Gasteiger partial charge in [-0.1, -0.05) is 43.3 Å². The maximum Gasteiger partial charge on any atom is 0.120 e. The highest BCUT2D eigenvalue weighted by molar-refractivity contribution is 7.97. The minimum atomic E-state index is 0.183. The molecule has 0 aliphatic carbocycles. The van der Waals surface area contributed by atoms with Gasteiger partial charge in [0.05, 0.1) is 6.10 Å². The van der Waals surface area contributed by atoms with Crippen molar-refractivity contribution in [3.8, 4) is 5.75 Å². The zero-order valence-electron chi connectivity index (χ0n) is 14.0. The number of rotatable bonds is 4. The predicted molar refractivity (Wildman–Crippen MR) is 98.8 cm³/mol. The lowest BCUT2D eigenvalue weighted by molar-refractivity contribution is 0.242. The first-order valence-corrected chi connectivity index (χ1v) is 8.94. The van der Waals surface area contributed by atoms with Gasteiger partial charge in [-0.3, -0.25) is 0 Å². The van der Waals surface area contributed by atoms with Crippen molar-refractivity contribution in [3.63, 3.8) is 0 Å². The van der Waals surface area contributed by atoms with Gasteiger partial charge in [0.25, 0.3) is 0 Å². The maximum atomic E-state index is 5.91. The van der Waals surface area contributed by atoms with Gasteiger partial charge in [-0.2, -0.15) is 0 Å². The van der Waals surface area contributed by atoms with Crippen molar-refractivity contribution in [1.82, 2.24) is 4.31 Å². The SMILES string of the molecule is CCN1CC=C(c2ccccc2)c2cc(OC(C)C)ccc2S1. The number of hydrogen-bond donors (Lipinski definition) is 0. The molecule has 3 heteroatoms. The van der Waals surface area contributed by atoms with Crippen LogP contribution in [0.4, 0.5) is 0 Å². The van der Waals surface area contributed by atoms with Gasteiger partial charge in [0, 0.05) is 23.5 Å². The molecule has 0 unspecified atom stereocenters. The number of ether oxygens (including phenoxy) is 1. The molecule has 1 aliphatic heterocycles. The molecule has 0 amide bonds. The molecule has 0 atom stereocenters. The van der Waals surface area contributed by atoms with Crippen molar-refractivity contribution >= 4 is 17.5 Å². The van der Waals surface area contributed by atoms with Gasteiger partial charge >= 0.3 is 0 Å². The van der Waals surface area contributed by atoms with Crippen LogP contribution in [0.2, 0.25) is 0 Å². The van der Waals surface area contributed by atoms with Gasteiger partial charge in [-0.25, -0.2) is 4.31 Å². The Kier molecular flexibility index (Phi) is 5.09. The Morgan fingerprint density at radius 1 is 1.13 bits per heavy atom. The third-order valence-electron chi connectivity index (χ3n) is 3.78. The number of nitrogens with zero attached hydrogens (tertiary/aromatic N) is 1. The van der Waals surface area contributed by atoms with E-state index >= 15 is 0 Å². The zero-order valence-corrected chi connectivity index (χ0v) is 14.8. The van der Waals surface area contributed by atoms with Gasteiger partial charge in [0.1, 0.15) is 5.75 Å². The Balaban J connectivity index is 2.08. The van der Waals surface area contributed by atoms with E-state index in [4.69, 9.17) is 4.74 Å². The molecule has 2 aromatic rings. The Labute approximate surface area is 143 Å². The van der Waals surface area contributed by atoms with E-state index in [9.17, 15) is 0 Å². The predicted octanol–water partition coefficient (Wildman–Crippen LogP) is 5.25. The van der Waals surface area contributed by atoms with Crippen LogP contribution in [-0.2, 0) is 0 Å². The monoisotopic (exact) mass is 325 g/mol. The maximum absolute atomic E-state index is 5.91. The molecule has 0 aromatic heterocycles. The molecule has 0 spiro atoms.